The number of ether oxygens (including phenoxy) is 2. The summed E-state index contributed by atoms with van der Waals surface area (Å²) < 4.78 is 11.4. The van der Waals surface area contributed by atoms with Gasteiger partial charge in [0.1, 0.15) is 17.2 Å². The highest BCUT2D eigenvalue weighted by Crippen LogP contribution is 2.17. The average Bonchev–Trinajstić information content (AvgIpc) is 2.88. The van der Waals surface area contributed by atoms with Crippen LogP contribution in [0.5, 0.6) is 11.5 Å². The molecule has 0 bridgehead atoms. The van der Waals surface area contributed by atoms with Crippen LogP contribution in [0.1, 0.15) is 35.3 Å². The Balaban J connectivity index is 1.65. The van der Waals surface area contributed by atoms with Crippen LogP contribution >= 0.6 is 0 Å². The predicted molar refractivity (Wildman–Crippen MR) is 140 cm³/mol. The van der Waals surface area contributed by atoms with Crippen molar-refractivity contribution in [2.24, 2.45) is 0 Å². The fraction of sp³-hybridized carbons (Fsp3) is 0.241. The molecule has 3 rings (SSSR count). The summed E-state index contributed by atoms with van der Waals surface area (Å²) in [5.74, 6) is 0.433. The zero-order chi connectivity index (χ0) is 25.8. The number of hydrogen-bond donors (Lipinski definition) is 3. The Morgan fingerprint density at radius 3 is 2.22 bits per heavy atom. The van der Waals surface area contributed by atoms with Crippen molar-refractivity contribution in [1.82, 2.24) is 10.6 Å². The minimum Gasteiger partial charge on any atom is -0.493 e. The second-order valence-electron chi connectivity index (χ2n) is 8.34. The molecule has 36 heavy (non-hydrogen) atoms. The maximum absolute atomic E-state index is 12.9. The molecule has 3 aromatic rings. The molecule has 0 unspecified atom stereocenters. The van der Waals surface area contributed by atoms with E-state index in [1.165, 1.54) is 5.56 Å². The number of hydrogen-bond acceptors (Lipinski definition) is 5. The molecule has 0 saturated heterocycles. The van der Waals surface area contributed by atoms with E-state index in [0.717, 1.165) is 6.42 Å². The van der Waals surface area contributed by atoms with E-state index in [2.05, 4.69) is 10.6 Å². The van der Waals surface area contributed by atoms with E-state index in [1.807, 2.05) is 44.2 Å². The molecule has 7 heteroatoms. The second kappa shape index (κ2) is 13.7. The number of aliphatic hydroxyl groups excluding tert-OH is 1. The molecule has 0 aliphatic heterocycles. The molecule has 0 atom stereocenters. The maximum atomic E-state index is 12.9. The highest BCUT2D eigenvalue weighted by atomic mass is 16.5. The maximum Gasteiger partial charge on any atom is 0.267 e. The van der Waals surface area contributed by atoms with Crippen molar-refractivity contribution in [2.45, 2.75) is 26.4 Å². The molecule has 2 amide bonds. The molecule has 188 valence electrons. The highest BCUT2D eigenvalue weighted by molar-refractivity contribution is 6.05. The molecule has 3 N–H and O–H groups in total. The van der Waals surface area contributed by atoms with Crippen LogP contribution in [0, 0.1) is 0 Å². The van der Waals surface area contributed by atoms with Gasteiger partial charge in [0.25, 0.3) is 11.8 Å². The van der Waals surface area contributed by atoms with Crippen molar-refractivity contribution in [3.8, 4) is 11.5 Å². The fourth-order valence-electron chi connectivity index (χ4n) is 3.33. The lowest BCUT2D eigenvalue weighted by molar-refractivity contribution is -0.117. The summed E-state index contributed by atoms with van der Waals surface area (Å²) >= 11 is 0. The van der Waals surface area contributed by atoms with Gasteiger partial charge in [0.15, 0.2) is 0 Å². The molecular weight excluding hydrogens is 456 g/mol. The third-order valence-corrected chi connectivity index (χ3v) is 5.07. The van der Waals surface area contributed by atoms with Gasteiger partial charge in [0.05, 0.1) is 19.3 Å². The number of carbonyl (C=O) groups is 2. The number of aliphatic hydroxyl groups is 1. The van der Waals surface area contributed by atoms with Crippen LogP contribution in [0.2, 0.25) is 0 Å². The molecule has 0 saturated carbocycles. The summed E-state index contributed by atoms with van der Waals surface area (Å²) in [5.41, 5.74) is 2.35. The minimum atomic E-state index is -0.499. The summed E-state index contributed by atoms with van der Waals surface area (Å²) in [6.07, 6.45) is 2.40. The van der Waals surface area contributed by atoms with E-state index in [4.69, 9.17) is 14.6 Å². The molecule has 0 aliphatic carbocycles. The number of benzene rings is 3. The zero-order valence-electron chi connectivity index (χ0n) is 20.6. The quantitative estimate of drug-likeness (QED) is 0.335. The topological polar surface area (TPSA) is 96.9 Å². The van der Waals surface area contributed by atoms with Gasteiger partial charge in [-0.1, -0.05) is 42.5 Å². The molecule has 0 aliphatic rings. The van der Waals surface area contributed by atoms with Crippen molar-refractivity contribution < 1.29 is 24.2 Å². The lowest BCUT2D eigenvalue weighted by Crippen LogP contribution is -2.36. The van der Waals surface area contributed by atoms with Crippen LogP contribution in [0.25, 0.3) is 6.08 Å². The Morgan fingerprint density at radius 1 is 0.917 bits per heavy atom. The highest BCUT2D eigenvalue weighted by Gasteiger charge is 2.15. The third-order valence-electron chi connectivity index (χ3n) is 5.07. The van der Waals surface area contributed by atoms with Gasteiger partial charge < -0.3 is 25.2 Å². The van der Waals surface area contributed by atoms with Crippen molar-refractivity contribution >= 4 is 17.9 Å². The Kier molecular flexibility index (Phi) is 10.1. The summed E-state index contributed by atoms with van der Waals surface area (Å²) in [4.78, 5) is 25.5. The first-order valence-corrected chi connectivity index (χ1v) is 11.9. The van der Waals surface area contributed by atoms with Gasteiger partial charge in [-0.3, -0.25) is 9.59 Å². The molecule has 0 heterocycles. The normalized spacial score (nSPS) is 11.2. The van der Waals surface area contributed by atoms with Gasteiger partial charge in [-0.25, -0.2) is 0 Å². The van der Waals surface area contributed by atoms with Gasteiger partial charge in [-0.05, 0) is 67.4 Å². The van der Waals surface area contributed by atoms with Crippen molar-refractivity contribution in [3.05, 3.63) is 101 Å². The van der Waals surface area contributed by atoms with Gasteiger partial charge in [0, 0.05) is 18.5 Å². The Hall–Kier alpha value is -4.10. The monoisotopic (exact) mass is 488 g/mol. The smallest absolute Gasteiger partial charge is 0.267 e. The molecule has 3 aromatic carbocycles. The van der Waals surface area contributed by atoms with E-state index in [9.17, 15) is 9.59 Å². The van der Waals surface area contributed by atoms with E-state index < -0.39 is 11.8 Å². The summed E-state index contributed by atoms with van der Waals surface area (Å²) in [5, 5.41) is 14.3. The van der Waals surface area contributed by atoms with Crippen LogP contribution < -0.4 is 20.1 Å². The molecule has 0 radical (unpaired) electrons. The van der Waals surface area contributed by atoms with Crippen LogP contribution in [0.3, 0.4) is 0 Å². The van der Waals surface area contributed by atoms with Crippen molar-refractivity contribution in [3.63, 3.8) is 0 Å². The van der Waals surface area contributed by atoms with E-state index >= 15 is 0 Å². The number of nitrogens with one attached hydrogen (secondary N) is 2. The van der Waals surface area contributed by atoms with Gasteiger partial charge in [-0.2, -0.15) is 0 Å². The Bertz CT molecular complexity index is 1140. The van der Waals surface area contributed by atoms with Gasteiger partial charge >= 0.3 is 0 Å². The van der Waals surface area contributed by atoms with E-state index in [-0.39, 0.29) is 25.0 Å². The minimum absolute atomic E-state index is 0.0474. The number of amides is 2. The number of carbonyl (C=O) groups excluding carboxylic acids is 2. The Morgan fingerprint density at radius 2 is 1.58 bits per heavy atom. The standard InChI is InChI=1S/C29H32N2O5/c1-21(2)36-26-12-8-23(9-13-26)20-27(29(34)30-17-18-32)31-28(33)24-10-14-25(15-11-24)35-19-16-22-6-4-3-5-7-22/h3-15,20-21,32H,16-19H2,1-2H3,(H,30,34)(H,31,33)/b27-20+. The first kappa shape index (κ1) is 26.5. The number of rotatable bonds is 12. The van der Waals surface area contributed by atoms with Crippen molar-refractivity contribution in [1.29, 1.82) is 0 Å². The predicted octanol–water partition coefficient (Wildman–Crippen LogP) is 3.97. The molecule has 0 fully saturated rings. The fourth-order valence-corrected chi connectivity index (χ4v) is 3.33. The van der Waals surface area contributed by atoms with E-state index in [1.54, 1.807) is 54.6 Å². The summed E-state index contributed by atoms with van der Waals surface area (Å²) in [6, 6.07) is 24.0. The Labute approximate surface area is 211 Å². The molecular formula is C29H32N2O5. The van der Waals surface area contributed by atoms with Crippen LogP contribution in [-0.4, -0.2) is 42.8 Å². The summed E-state index contributed by atoms with van der Waals surface area (Å²) in [7, 11) is 0. The zero-order valence-corrected chi connectivity index (χ0v) is 20.6. The van der Waals surface area contributed by atoms with Crippen LogP contribution in [-0.2, 0) is 11.2 Å². The first-order valence-electron chi connectivity index (χ1n) is 11.9. The van der Waals surface area contributed by atoms with Crippen molar-refractivity contribution in [2.75, 3.05) is 19.8 Å². The van der Waals surface area contributed by atoms with Gasteiger partial charge in [-0.15, -0.1) is 0 Å². The SMILES string of the molecule is CC(C)Oc1ccc(/C=C(/NC(=O)c2ccc(OCCc3ccccc3)cc2)C(=O)NCCO)cc1. The van der Waals surface area contributed by atoms with Crippen LogP contribution in [0.4, 0.5) is 0 Å². The van der Waals surface area contributed by atoms with E-state index in [0.29, 0.717) is 29.2 Å². The van der Waals surface area contributed by atoms with Gasteiger partial charge in [0.2, 0.25) is 0 Å². The largest absolute Gasteiger partial charge is 0.493 e. The summed E-state index contributed by atoms with van der Waals surface area (Å²) in [6.45, 7) is 4.27. The first-order chi connectivity index (χ1) is 17.4. The molecule has 7 nitrogen and oxygen atoms in total. The second-order valence-corrected chi connectivity index (χ2v) is 8.34. The lowest BCUT2D eigenvalue weighted by atomic mass is 10.1. The molecule has 0 aromatic heterocycles. The van der Waals surface area contributed by atoms with Crippen LogP contribution in [0.15, 0.2) is 84.6 Å². The lowest BCUT2D eigenvalue weighted by Gasteiger charge is -2.12. The molecule has 0 spiro atoms. The average molecular weight is 489 g/mol. The third kappa shape index (κ3) is 8.60.